The van der Waals surface area contributed by atoms with Crippen molar-refractivity contribution in [3.63, 3.8) is 0 Å². The zero-order valence-electron chi connectivity index (χ0n) is 5.22. The molecule has 0 saturated heterocycles. The lowest BCUT2D eigenvalue weighted by atomic mass is 11.0. The Morgan fingerprint density at radius 3 is 1.25 bits per heavy atom. The molecule has 0 fully saturated rings. The van der Waals surface area contributed by atoms with Crippen LogP contribution in [0.4, 0.5) is 4.79 Å². The minimum atomic E-state index is -1.83. The summed E-state index contributed by atoms with van der Waals surface area (Å²) in [5.41, 5.74) is 0. The summed E-state index contributed by atoms with van der Waals surface area (Å²) in [4.78, 5) is 8.56. The first kappa shape index (κ1) is 15.7. The van der Waals surface area contributed by atoms with Gasteiger partial charge in [-0.2, -0.15) is 0 Å². The molecular formula is C5H12O3. The van der Waals surface area contributed by atoms with E-state index >= 15 is 0 Å². The predicted molar refractivity (Wildman–Crippen MR) is 33.3 cm³/mol. The summed E-state index contributed by atoms with van der Waals surface area (Å²) in [6, 6.07) is 0. The lowest BCUT2D eigenvalue weighted by Crippen LogP contribution is -1.81. The highest BCUT2D eigenvalue weighted by Crippen LogP contribution is 1.42. The van der Waals surface area contributed by atoms with Gasteiger partial charge in [-0.1, -0.05) is 13.8 Å². The maximum atomic E-state index is 8.56. The fourth-order valence-electron chi connectivity index (χ4n) is 0. The van der Waals surface area contributed by atoms with E-state index < -0.39 is 6.16 Å². The summed E-state index contributed by atoms with van der Waals surface area (Å²) >= 11 is 0. The average Bonchev–Trinajstić information content (AvgIpc) is 1.75. The van der Waals surface area contributed by atoms with Gasteiger partial charge in [0, 0.05) is 0 Å². The van der Waals surface area contributed by atoms with Crippen molar-refractivity contribution in [3.05, 3.63) is 13.2 Å². The van der Waals surface area contributed by atoms with Gasteiger partial charge < -0.3 is 10.2 Å². The SMILES string of the molecule is C=C.CC.O=C(O)O. The molecule has 0 heterocycles. The van der Waals surface area contributed by atoms with E-state index in [1.165, 1.54) is 0 Å². The van der Waals surface area contributed by atoms with Crippen LogP contribution in [-0.2, 0) is 0 Å². The van der Waals surface area contributed by atoms with Crippen molar-refractivity contribution in [2.75, 3.05) is 0 Å². The van der Waals surface area contributed by atoms with Gasteiger partial charge in [0.25, 0.3) is 0 Å². The fraction of sp³-hybridized carbons (Fsp3) is 0.400. The monoisotopic (exact) mass is 120 g/mol. The van der Waals surface area contributed by atoms with E-state index in [9.17, 15) is 0 Å². The lowest BCUT2D eigenvalue weighted by molar-refractivity contribution is 0.137. The van der Waals surface area contributed by atoms with Gasteiger partial charge in [0.05, 0.1) is 0 Å². The second-order valence-corrected chi connectivity index (χ2v) is 0.283. The van der Waals surface area contributed by atoms with Gasteiger partial charge >= 0.3 is 6.16 Å². The summed E-state index contributed by atoms with van der Waals surface area (Å²) < 4.78 is 0. The van der Waals surface area contributed by atoms with Crippen LogP contribution in [0.5, 0.6) is 0 Å². The molecule has 0 rings (SSSR count). The first-order valence-corrected chi connectivity index (χ1v) is 2.15. The average molecular weight is 120 g/mol. The van der Waals surface area contributed by atoms with Gasteiger partial charge in [-0.25, -0.2) is 4.79 Å². The van der Waals surface area contributed by atoms with Gasteiger partial charge in [0.1, 0.15) is 0 Å². The van der Waals surface area contributed by atoms with E-state index in [1.807, 2.05) is 13.8 Å². The summed E-state index contributed by atoms with van der Waals surface area (Å²) in [5.74, 6) is 0. The largest absolute Gasteiger partial charge is 0.503 e. The first-order chi connectivity index (χ1) is 3.73. The first-order valence-electron chi connectivity index (χ1n) is 2.15. The predicted octanol–water partition coefficient (Wildman–Crippen LogP) is 2.05. The van der Waals surface area contributed by atoms with Crippen molar-refractivity contribution in [2.45, 2.75) is 13.8 Å². The Balaban J connectivity index is -0.0000000542. The van der Waals surface area contributed by atoms with Crippen LogP contribution < -0.4 is 0 Å². The second-order valence-electron chi connectivity index (χ2n) is 0.283. The van der Waals surface area contributed by atoms with Crippen LogP contribution >= 0.6 is 0 Å². The van der Waals surface area contributed by atoms with Crippen LogP contribution in [0.1, 0.15) is 13.8 Å². The van der Waals surface area contributed by atoms with Crippen LogP contribution in [0, 0.1) is 0 Å². The van der Waals surface area contributed by atoms with E-state index in [4.69, 9.17) is 15.0 Å². The van der Waals surface area contributed by atoms with Crippen LogP contribution in [0.15, 0.2) is 13.2 Å². The van der Waals surface area contributed by atoms with E-state index in [-0.39, 0.29) is 0 Å². The molecule has 0 aromatic rings. The standard InChI is InChI=1S/C2H6.C2H4.CH2O3/c2*1-2;2-1(3)4/h1-2H3;1-2H2;(H2,2,3,4). The third-order valence-corrected chi connectivity index (χ3v) is 0. The van der Waals surface area contributed by atoms with E-state index in [0.29, 0.717) is 0 Å². The Labute approximate surface area is 49.3 Å². The molecule has 0 aliphatic heterocycles. The molecule has 0 radical (unpaired) electrons. The second kappa shape index (κ2) is 37.3. The summed E-state index contributed by atoms with van der Waals surface area (Å²) in [5, 5.41) is 13.9. The highest BCUT2D eigenvalue weighted by Gasteiger charge is 1.70. The third kappa shape index (κ3) is 82.2. The van der Waals surface area contributed by atoms with E-state index in [0.717, 1.165) is 0 Å². The minimum absolute atomic E-state index is 1.83. The van der Waals surface area contributed by atoms with E-state index in [1.54, 1.807) is 0 Å². The van der Waals surface area contributed by atoms with Crippen molar-refractivity contribution < 1.29 is 15.0 Å². The Morgan fingerprint density at radius 1 is 1.25 bits per heavy atom. The number of rotatable bonds is 0. The topological polar surface area (TPSA) is 57.5 Å². The quantitative estimate of drug-likeness (QED) is 0.481. The van der Waals surface area contributed by atoms with Crippen LogP contribution in [0.2, 0.25) is 0 Å². The number of carbonyl (C=O) groups is 1. The third-order valence-electron chi connectivity index (χ3n) is 0. The summed E-state index contributed by atoms with van der Waals surface area (Å²) in [6.45, 7) is 10.0. The van der Waals surface area contributed by atoms with Crippen molar-refractivity contribution >= 4 is 6.16 Å². The molecule has 50 valence electrons. The fourth-order valence-corrected chi connectivity index (χ4v) is 0. The molecule has 0 unspecified atom stereocenters. The molecule has 0 spiro atoms. The normalized spacial score (nSPS) is 4.25. The van der Waals surface area contributed by atoms with Gasteiger partial charge in [-0.3, -0.25) is 0 Å². The molecule has 2 N–H and O–H groups in total. The van der Waals surface area contributed by atoms with Crippen molar-refractivity contribution in [1.82, 2.24) is 0 Å². The van der Waals surface area contributed by atoms with Gasteiger partial charge in [-0.05, 0) is 0 Å². The maximum Gasteiger partial charge on any atom is 0.503 e. The molecule has 0 saturated carbocycles. The van der Waals surface area contributed by atoms with Crippen molar-refractivity contribution in [3.8, 4) is 0 Å². The van der Waals surface area contributed by atoms with Crippen molar-refractivity contribution in [1.29, 1.82) is 0 Å². The molecule has 3 nitrogen and oxygen atoms in total. The molecular weight excluding hydrogens is 108 g/mol. The summed E-state index contributed by atoms with van der Waals surface area (Å²) in [7, 11) is 0. The minimum Gasteiger partial charge on any atom is -0.450 e. The molecule has 0 aromatic heterocycles. The molecule has 0 bridgehead atoms. The van der Waals surface area contributed by atoms with Crippen LogP contribution in [0.3, 0.4) is 0 Å². The Kier molecular flexibility index (Phi) is 73.5. The van der Waals surface area contributed by atoms with Gasteiger partial charge in [0.15, 0.2) is 0 Å². The molecule has 0 aromatic carbocycles. The van der Waals surface area contributed by atoms with Gasteiger partial charge in [-0.15, -0.1) is 13.2 Å². The molecule has 0 aliphatic rings. The van der Waals surface area contributed by atoms with Crippen LogP contribution in [-0.4, -0.2) is 16.4 Å². The highest BCUT2D eigenvalue weighted by molar-refractivity contribution is 5.53. The smallest absolute Gasteiger partial charge is 0.450 e. The molecule has 8 heavy (non-hydrogen) atoms. The molecule has 0 atom stereocenters. The molecule has 3 heteroatoms. The van der Waals surface area contributed by atoms with Gasteiger partial charge in [0.2, 0.25) is 0 Å². The van der Waals surface area contributed by atoms with Crippen molar-refractivity contribution in [2.24, 2.45) is 0 Å². The number of hydrogen-bond acceptors (Lipinski definition) is 1. The van der Waals surface area contributed by atoms with Crippen LogP contribution in [0.25, 0.3) is 0 Å². The Hall–Kier alpha value is -0.990. The Bertz CT molecular complexity index is 38.9. The number of hydrogen-bond donors (Lipinski definition) is 2. The number of carboxylic acid groups (broad SMARTS) is 2. The molecule has 0 aliphatic carbocycles. The maximum absolute atomic E-state index is 8.56. The van der Waals surface area contributed by atoms with E-state index in [2.05, 4.69) is 13.2 Å². The highest BCUT2D eigenvalue weighted by atomic mass is 16.6. The molecule has 0 amide bonds. The zero-order valence-corrected chi connectivity index (χ0v) is 5.22. The summed E-state index contributed by atoms with van der Waals surface area (Å²) in [6.07, 6.45) is -1.83. The lowest BCUT2D eigenvalue weighted by Gasteiger charge is -1.60. The zero-order chi connectivity index (χ0) is 7.58. The Morgan fingerprint density at radius 2 is 1.25 bits per heavy atom.